The van der Waals surface area contributed by atoms with Crippen LogP contribution in [0.15, 0.2) is 30.6 Å². The van der Waals surface area contributed by atoms with Gasteiger partial charge in [-0.05, 0) is 24.5 Å². The Hall–Kier alpha value is -1.35. The molecule has 3 heteroatoms. The van der Waals surface area contributed by atoms with E-state index in [9.17, 15) is 0 Å². The second kappa shape index (κ2) is 5.82. The SMILES string of the molecule is CC(C)CCOCCn1cnc2ccccc21. The van der Waals surface area contributed by atoms with Gasteiger partial charge in [-0.25, -0.2) is 4.98 Å². The summed E-state index contributed by atoms with van der Waals surface area (Å²) in [4.78, 5) is 4.35. The van der Waals surface area contributed by atoms with Gasteiger partial charge in [-0.3, -0.25) is 0 Å². The Morgan fingerprint density at radius 2 is 2.06 bits per heavy atom. The van der Waals surface area contributed by atoms with Crippen molar-refractivity contribution in [3.8, 4) is 0 Å². The molecule has 0 spiro atoms. The first-order valence-electron chi connectivity index (χ1n) is 6.25. The van der Waals surface area contributed by atoms with Crippen LogP contribution in [0.4, 0.5) is 0 Å². The smallest absolute Gasteiger partial charge is 0.0959 e. The number of hydrogen-bond acceptors (Lipinski definition) is 2. The minimum absolute atomic E-state index is 0.712. The van der Waals surface area contributed by atoms with Crippen molar-refractivity contribution in [2.75, 3.05) is 13.2 Å². The molecule has 1 heterocycles. The Bertz CT molecular complexity index is 462. The van der Waals surface area contributed by atoms with Crippen LogP contribution in [-0.4, -0.2) is 22.8 Å². The minimum atomic E-state index is 0.712. The van der Waals surface area contributed by atoms with Gasteiger partial charge in [-0.1, -0.05) is 26.0 Å². The third kappa shape index (κ3) is 3.30. The number of rotatable bonds is 6. The molecule has 3 nitrogen and oxygen atoms in total. The van der Waals surface area contributed by atoms with Gasteiger partial charge in [0.15, 0.2) is 0 Å². The highest BCUT2D eigenvalue weighted by atomic mass is 16.5. The van der Waals surface area contributed by atoms with Crippen LogP contribution in [0.2, 0.25) is 0 Å². The van der Waals surface area contributed by atoms with Crippen molar-refractivity contribution in [2.45, 2.75) is 26.8 Å². The number of para-hydroxylation sites is 2. The van der Waals surface area contributed by atoms with Crippen molar-refractivity contribution in [3.05, 3.63) is 30.6 Å². The van der Waals surface area contributed by atoms with Crippen LogP contribution < -0.4 is 0 Å². The van der Waals surface area contributed by atoms with Crippen molar-refractivity contribution in [1.82, 2.24) is 9.55 Å². The van der Waals surface area contributed by atoms with Gasteiger partial charge in [0.25, 0.3) is 0 Å². The summed E-state index contributed by atoms with van der Waals surface area (Å²) < 4.78 is 7.76. The predicted molar refractivity (Wildman–Crippen MR) is 70.0 cm³/mol. The number of aromatic nitrogens is 2. The number of imidazole rings is 1. The van der Waals surface area contributed by atoms with E-state index in [0.29, 0.717) is 5.92 Å². The molecule has 17 heavy (non-hydrogen) atoms. The van der Waals surface area contributed by atoms with Gasteiger partial charge >= 0.3 is 0 Å². The molecule has 2 rings (SSSR count). The molecule has 1 aromatic heterocycles. The predicted octanol–water partition coefficient (Wildman–Crippen LogP) is 3.10. The van der Waals surface area contributed by atoms with Crippen molar-refractivity contribution in [1.29, 1.82) is 0 Å². The quantitative estimate of drug-likeness (QED) is 0.716. The van der Waals surface area contributed by atoms with Crippen molar-refractivity contribution in [3.63, 3.8) is 0 Å². The molecule has 0 bridgehead atoms. The maximum absolute atomic E-state index is 5.62. The minimum Gasteiger partial charge on any atom is -0.380 e. The van der Waals surface area contributed by atoms with E-state index in [1.165, 1.54) is 5.52 Å². The molecule has 2 aromatic rings. The van der Waals surface area contributed by atoms with Crippen molar-refractivity contribution >= 4 is 11.0 Å². The zero-order valence-electron chi connectivity index (χ0n) is 10.6. The van der Waals surface area contributed by atoms with Gasteiger partial charge in [0.1, 0.15) is 0 Å². The fraction of sp³-hybridized carbons (Fsp3) is 0.500. The summed E-state index contributed by atoms with van der Waals surface area (Å²) in [7, 11) is 0. The lowest BCUT2D eigenvalue weighted by atomic mass is 10.1. The molecule has 1 aromatic carbocycles. The summed E-state index contributed by atoms with van der Waals surface area (Å²) in [5.41, 5.74) is 2.23. The Kier molecular flexibility index (Phi) is 4.15. The highest BCUT2D eigenvalue weighted by molar-refractivity contribution is 5.74. The molecule has 0 aliphatic carbocycles. The summed E-state index contributed by atoms with van der Waals surface area (Å²) >= 11 is 0. The van der Waals surface area contributed by atoms with Gasteiger partial charge in [0.05, 0.1) is 24.0 Å². The summed E-state index contributed by atoms with van der Waals surface area (Å²) in [6.07, 6.45) is 3.02. The van der Waals surface area contributed by atoms with Crippen LogP contribution in [-0.2, 0) is 11.3 Å². The van der Waals surface area contributed by atoms with Crippen LogP contribution in [0, 0.1) is 5.92 Å². The third-order valence-corrected chi connectivity index (χ3v) is 2.84. The van der Waals surface area contributed by atoms with E-state index in [4.69, 9.17) is 4.74 Å². The number of ether oxygens (including phenoxy) is 1. The number of hydrogen-bond donors (Lipinski definition) is 0. The first-order valence-corrected chi connectivity index (χ1v) is 6.25. The van der Waals surface area contributed by atoms with Gasteiger partial charge in [0.2, 0.25) is 0 Å². The van der Waals surface area contributed by atoms with E-state index >= 15 is 0 Å². The van der Waals surface area contributed by atoms with Crippen LogP contribution in [0.5, 0.6) is 0 Å². The molecule has 0 N–H and O–H groups in total. The van der Waals surface area contributed by atoms with Crippen LogP contribution >= 0.6 is 0 Å². The standard InChI is InChI=1S/C14H20N2O/c1-12(2)7-9-17-10-8-16-11-15-13-5-3-4-6-14(13)16/h3-6,11-12H,7-10H2,1-2H3. The lowest BCUT2D eigenvalue weighted by Gasteiger charge is -2.07. The Balaban J connectivity index is 1.83. The molecule has 0 saturated carbocycles. The molecule has 0 aliphatic heterocycles. The lowest BCUT2D eigenvalue weighted by Crippen LogP contribution is -2.07. The lowest BCUT2D eigenvalue weighted by molar-refractivity contribution is 0.117. The summed E-state index contributed by atoms with van der Waals surface area (Å²) in [5.74, 6) is 0.712. The van der Waals surface area contributed by atoms with Gasteiger partial charge in [0, 0.05) is 13.2 Å². The molecule has 0 aliphatic rings. The molecule has 0 saturated heterocycles. The Labute approximate surface area is 102 Å². The molecule has 0 radical (unpaired) electrons. The summed E-state index contributed by atoms with van der Waals surface area (Å²) in [6, 6.07) is 8.18. The normalized spacial score (nSPS) is 11.5. The topological polar surface area (TPSA) is 27.1 Å². The van der Waals surface area contributed by atoms with Crippen LogP contribution in [0.1, 0.15) is 20.3 Å². The maximum atomic E-state index is 5.62. The zero-order valence-corrected chi connectivity index (χ0v) is 10.6. The van der Waals surface area contributed by atoms with Crippen LogP contribution in [0.3, 0.4) is 0 Å². The average molecular weight is 232 g/mol. The second-order valence-corrected chi connectivity index (χ2v) is 4.72. The largest absolute Gasteiger partial charge is 0.380 e. The van der Waals surface area contributed by atoms with E-state index in [2.05, 4.69) is 29.5 Å². The van der Waals surface area contributed by atoms with E-state index in [0.717, 1.165) is 31.7 Å². The molecule has 0 fully saturated rings. The molecule has 92 valence electrons. The molecular formula is C14H20N2O. The van der Waals surface area contributed by atoms with Gasteiger partial charge in [-0.15, -0.1) is 0 Å². The molecule has 0 amide bonds. The molecular weight excluding hydrogens is 212 g/mol. The van der Waals surface area contributed by atoms with Crippen molar-refractivity contribution < 1.29 is 4.74 Å². The first-order chi connectivity index (χ1) is 8.27. The fourth-order valence-corrected chi connectivity index (χ4v) is 1.77. The van der Waals surface area contributed by atoms with E-state index in [-0.39, 0.29) is 0 Å². The van der Waals surface area contributed by atoms with E-state index in [1.807, 2.05) is 24.5 Å². The van der Waals surface area contributed by atoms with E-state index in [1.54, 1.807) is 0 Å². The van der Waals surface area contributed by atoms with Gasteiger partial charge in [-0.2, -0.15) is 0 Å². The second-order valence-electron chi connectivity index (χ2n) is 4.72. The van der Waals surface area contributed by atoms with Crippen molar-refractivity contribution in [2.24, 2.45) is 5.92 Å². The Morgan fingerprint density at radius 3 is 2.88 bits per heavy atom. The Morgan fingerprint density at radius 1 is 1.24 bits per heavy atom. The third-order valence-electron chi connectivity index (χ3n) is 2.84. The zero-order chi connectivity index (χ0) is 12.1. The number of fused-ring (bicyclic) bond motifs is 1. The monoisotopic (exact) mass is 232 g/mol. The molecule has 0 atom stereocenters. The summed E-state index contributed by atoms with van der Waals surface area (Å²) in [5, 5.41) is 0. The summed E-state index contributed by atoms with van der Waals surface area (Å²) in [6.45, 7) is 6.91. The van der Waals surface area contributed by atoms with E-state index < -0.39 is 0 Å². The highest BCUT2D eigenvalue weighted by Crippen LogP contribution is 2.11. The number of nitrogens with zero attached hydrogens (tertiary/aromatic N) is 2. The highest BCUT2D eigenvalue weighted by Gasteiger charge is 2.00. The molecule has 0 unspecified atom stereocenters. The first kappa shape index (κ1) is 12.1. The maximum Gasteiger partial charge on any atom is 0.0959 e. The number of benzene rings is 1. The van der Waals surface area contributed by atoms with Gasteiger partial charge < -0.3 is 9.30 Å². The van der Waals surface area contributed by atoms with Crippen LogP contribution in [0.25, 0.3) is 11.0 Å². The average Bonchev–Trinajstić information content (AvgIpc) is 2.72. The fourth-order valence-electron chi connectivity index (χ4n) is 1.77.